The predicted molar refractivity (Wildman–Crippen MR) is 6.77 cm³/mol. The Morgan fingerprint density at radius 1 is 1.12 bits per heavy atom. The second-order valence-electron chi connectivity index (χ2n) is 0.250. The predicted octanol–water partition coefficient (Wildman–Crippen LogP) is -2.69. The zero-order chi connectivity index (χ0) is 3.58. The fraction of sp³-hybridized carbons (Fsp3) is 0. The first-order chi connectivity index (χ1) is 1.73. The second kappa shape index (κ2) is 25.6. The van der Waals surface area contributed by atoms with E-state index in [2.05, 4.69) is 0 Å². The molecular formula is CNiO5Zr. The van der Waals surface area contributed by atoms with Crippen molar-refractivity contribution in [1.29, 1.82) is 0 Å². The molecule has 0 rings (SSSR count). The summed E-state index contributed by atoms with van der Waals surface area (Å²) in [5.74, 6) is 0. The maximum atomic E-state index is 8.33. The number of carbonyl (C=O) groups is 1. The summed E-state index contributed by atoms with van der Waals surface area (Å²) in [4.78, 5) is 8.33. The Kier molecular flexibility index (Phi) is 124. The van der Waals surface area contributed by atoms with Gasteiger partial charge in [-0.3, -0.25) is 0 Å². The van der Waals surface area contributed by atoms with Gasteiger partial charge in [-0.2, -0.15) is 0 Å². The molecule has 0 spiro atoms. The van der Waals surface area contributed by atoms with Crippen LogP contribution in [0.3, 0.4) is 0 Å². The summed E-state index contributed by atoms with van der Waals surface area (Å²) in [6, 6.07) is 0. The Morgan fingerprint density at radius 3 is 1.12 bits per heavy atom. The van der Waals surface area contributed by atoms with Gasteiger partial charge in [0.2, 0.25) is 0 Å². The summed E-state index contributed by atoms with van der Waals surface area (Å²) in [5.41, 5.74) is 0. The average Bonchev–Trinajstić information content (AvgIpc) is 0.811. The summed E-state index contributed by atoms with van der Waals surface area (Å²) in [6.07, 6.45) is -2.33. The molecular weight excluding hydrogens is 242 g/mol. The van der Waals surface area contributed by atoms with Crippen LogP contribution < -0.4 is 10.2 Å². The van der Waals surface area contributed by atoms with Crippen LogP contribution in [0.25, 0.3) is 0 Å². The summed E-state index contributed by atoms with van der Waals surface area (Å²) in [5, 5.41) is 16.7. The van der Waals surface area contributed by atoms with Gasteiger partial charge in [0.1, 0.15) is 0 Å². The molecule has 0 radical (unpaired) electrons. The third kappa shape index (κ3) is 634. The minimum absolute atomic E-state index is 0. The minimum Gasteiger partial charge on any atom is -2.00 e. The molecule has 0 aliphatic carbocycles. The molecule has 0 aliphatic rings. The normalized spacial score (nSPS) is 3.00. The average molecular weight is 242 g/mol. The monoisotopic (exact) mass is 240 g/mol. The van der Waals surface area contributed by atoms with E-state index in [1.807, 2.05) is 0 Å². The van der Waals surface area contributed by atoms with Crippen molar-refractivity contribution in [2.75, 3.05) is 0 Å². The molecule has 0 amide bonds. The van der Waals surface area contributed by atoms with E-state index in [1.54, 1.807) is 0 Å². The van der Waals surface area contributed by atoms with Crippen LogP contribution in [-0.4, -0.2) is 6.16 Å². The molecule has 0 aromatic rings. The van der Waals surface area contributed by atoms with Crippen LogP contribution in [0.4, 0.5) is 4.79 Å². The van der Waals surface area contributed by atoms with Crippen molar-refractivity contribution in [3.8, 4) is 0 Å². The van der Waals surface area contributed by atoms with Gasteiger partial charge in [0.15, 0.2) is 0 Å². The molecule has 0 aromatic heterocycles. The molecule has 0 aliphatic heterocycles. The first-order valence-electron chi connectivity index (χ1n) is 0.612. The van der Waals surface area contributed by atoms with Gasteiger partial charge in [-0.15, -0.1) is 0 Å². The van der Waals surface area contributed by atoms with Crippen LogP contribution in [0.2, 0.25) is 0 Å². The largest absolute Gasteiger partial charge is 4.00 e. The van der Waals surface area contributed by atoms with Crippen molar-refractivity contribution < 1.29 is 68.7 Å². The maximum absolute atomic E-state index is 8.33. The zero-order valence-corrected chi connectivity index (χ0v) is 6.80. The molecule has 0 fully saturated rings. The van der Waals surface area contributed by atoms with E-state index in [0.29, 0.717) is 0 Å². The third-order valence-corrected chi connectivity index (χ3v) is 0. The standard InChI is InChI=1S/CH2O3.Ni.2O.Zr/c2-1(3)4;;;;/h(H2,2,3,4);;;;/q;+2;2*-2;+4/p-2. The number of hydrogen-bond acceptors (Lipinski definition) is 3. The van der Waals surface area contributed by atoms with Gasteiger partial charge in [0.25, 0.3) is 0 Å². The Balaban J connectivity index is -0.00000000750. The molecule has 0 unspecified atom stereocenters. The molecule has 0 saturated heterocycles. The van der Waals surface area contributed by atoms with Crippen molar-refractivity contribution in [3.63, 3.8) is 0 Å². The van der Waals surface area contributed by atoms with Crippen molar-refractivity contribution in [3.05, 3.63) is 0 Å². The summed E-state index contributed by atoms with van der Waals surface area (Å²) in [6.45, 7) is 0. The van der Waals surface area contributed by atoms with Crippen LogP contribution in [0.1, 0.15) is 0 Å². The summed E-state index contributed by atoms with van der Waals surface area (Å²) < 4.78 is 0. The number of rotatable bonds is 0. The van der Waals surface area contributed by atoms with Crippen molar-refractivity contribution in [1.82, 2.24) is 0 Å². The quantitative estimate of drug-likeness (QED) is 0.430. The Hall–Kier alpha value is 0.567. The van der Waals surface area contributed by atoms with Gasteiger partial charge >= 0.3 is 42.7 Å². The van der Waals surface area contributed by atoms with Crippen LogP contribution in [0, 0.1) is 0 Å². The van der Waals surface area contributed by atoms with Gasteiger partial charge in [-0.05, 0) is 6.16 Å². The Labute approximate surface area is 74.7 Å². The van der Waals surface area contributed by atoms with Crippen molar-refractivity contribution >= 4 is 6.16 Å². The summed E-state index contributed by atoms with van der Waals surface area (Å²) in [7, 11) is 0. The van der Waals surface area contributed by atoms with E-state index in [-0.39, 0.29) is 53.6 Å². The van der Waals surface area contributed by atoms with Crippen LogP contribution >= 0.6 is 0 Å². The molecule has 0 bridgehead atoms. The van der Waals surface area contributed by atoms with Crippen molar-refractivity contribution in [2.45, 2.75) is 0 Å². The molecule has 0 heterocycles. The zero-order valence-electron chi connectivity index (χ0n) is 3.36. The maximum Gasteiger partial charge on any atom is 4.00 e. The Bertz CT molecular complexity index is 35.4. The fourth-order valence-corrected chi connectivity index (χ4v) is 0. The van der Waals surface area contributed by atoms with E-state index in [0.717, 1.165) is 0 Å². The summed E-state index contributed by atoms with van der Waals surface area (Å²) >= 11 is 0. The molecule has 0 atom stereocenters. The van der Waals surface area contributed by atoms with E-state index in [1.165, 1.54) is 0 Å². The smallest absolute Gasteiger partial charge is 2.00 e. The molecule has 0 aromatic carbocycles. The van der Waals surface area contributed by atoms with Gasteiger partial charge in [0.05, 0.1) is 0 Å². The number of carboxylic acid groups (broad SMARTS) is 2. The third-order valence-electron chi connectivity index (χ3n) is 0. The minimum atomic E-state index is -2.33. The SMILES string of the molecule is O=C([O-])[O-].[Ni+2].[O-2].[O-2].[Zr+4]. The first kappa shape index (κ1) is 38.6. The van der Waals surface area contributed by atoms with Crippen LogP contribution in [0.5, 0.6) is 0 Å². The van der Waals surface area contributed by atoms with Gasteiger partial charge in [-0.25, -0.2) is 0 Å². The molecule has 8 heavy (non-hydrogen) atoms. The van der Waals surface area contributed by atoms with Gasteiger partial charge in [-0.1, -0.05) is 0 Å². The van der Waals surface area contributed by atoms with Crippen LogP contribution in [0.15, 0.2) is 0 Å². The number of hydrogen-bond donors (Lipinski definition) is 0. The number of carbonyl (C=O) groups excluding carboxylic acids is 1. The van der Waals surface area contributed by atoms with Crippen LogP contribution in [-0.2, 0) is 53.6 Å². The van der Waals surface area contributed by atoms with E-state index < -0.39 is 6.16 Å². The molecule has 7 heteroatoms. The molecule has 0 N–H and O–H groups in total. The second-order valence-corrected chi connectivity index (χ2v) is 0.250. The topological polar surface area (TPSA) is 120 Å². The Morgan fingerprint density at radius 2 is 1.12 bits per heavy atom. The van der Waals surface area contributed by atoms with E-state index in [9.17, 15) is 0 Å². The van der Waals surface area contributed by atoms with Crippen molar-refractivity contribution in [2.24, 2.45) is 0 Å². The van der Waals surface area contributed by atoms with E-state index >= 15 is 0 Å². The molecule has 5 nitrogen and oxygen atoms in total. The first-order valence-corrected chi connectivity index (χ1v) is 0.612. The van der Waals surface area contributed by atoms with Gasteiger partial charge < -0.3 is 26.0 Å². The molecule has 0 saturated carbocycles. The fourth-order valence-electron chi connectivity index (χ4n) is 0. The van der Waals surface area contributed by atoms with Gasteiger partial charge in [0, 0.05) is 0 Å². The molecule has 48 valence electrons. The van der Waals surface area contributed by atoms with E-state index in [4.69, 9.17) is 15.0 Å².